The summed E-state index contributed by atoms with van der Waals surface area (Å²) in [5, 5.41) is 7.43. The number of anilines is 2. The maximum Gasteiger partial charge on any atom is 0.242 e. The van der Waals surface area contributed by atoms with E-state index >= 15 is 0 Å². The Kier molecular flexibility index (Phi) is 6.05. The minimum absolute atomic E-state index is 0.0832. The smallest absolute Gasteiger partial charge is 0.242 e. The second-order valence-electron chi connectivity index (χ2n) is 9.21. The molecule has 2 bridgehead atoms. The number of hydrogen-bond acceptors (Lipinski definition) is 3. The predicted octanol–water partition coefficient (Wildman–Crippen LogP) is 5.07. The van der Waals surface area contributed by atoms with Gasteiger partial charge in [0.2, 0.25) is 5.91 Å². The number of nitrogens with zero attached hydrogens (tertiary/aromatic N) is 1. The summed E-state index contributed by atoms with van der Waals surface area (Å²) in [6.45, 7) is 6.27. The van der Waals surface area contributed by atoms with Gasteiger partial charge in [0.05, 0.1) is 11.4 Å². The Morgan fingerprint density at radius 1 is 1.14 bits per heavy atom. The van der Waals surface area contributed by atoms with Gasteiger partial charge in [-0.25, -0.2) is 0 Å². The molecule has 0 unspecified atom stereocenters. The Morgan fingerprint density at radius 2 is 1.93 bits per heavy atom. The van der Waals surface area contributed by atoms with Crippen LogP contribution in [0.15, 0.2) is 18.2 Å². The third-order valence-electron chi connectivity index (χ3n) is 7.23. The largest absolute Gasteiger partial charge is 0.372 e. The van der Waals surface area contributed by atoms with Crippen molar-refractivity contribution in [1.82, 2.24) is 5.32 Å². The molecule has 1 aromatic rings. The van der Waals surface area contributed by atoms with Crippen molar-refractivity contribution in [1.29, 1.82) is 0 Å². The molecule has 0 spiro atoms. The molecule has 28 heavy (non-hydrogen) atoms. The third kappa shape index (κ3) is 4.27. The topological polar surface area (TPSA) is 44.4 Å². The zero-order valence-electron chi connectivity index (χ0n) is 17.2. The van der Waals surface area contributed by atoms with Gasteiger partial charge in [-0.2, -0.15) is 0 Å². The van der Waals surface area contributed by atoms with Crippen LogP contribution in [0.2, 0.25) is 5.02 Å². The van der Waals surface area contributed by atoms with Crippen LogP contribution >= 0.6 is 11.6 Å². The molecular weight excluding hydrogens is 370 g/mol. The van der Waals surface area contributed by atoms with Crippen molar-refractivity contribution in [3.63, 3.8) is 0 Å². The first-order valence-electron chi connectivity index (χ1n) is 11.1. The van der Waals surface area contributed by atoms with E-state index in [4.69, 9.17) is 11.6 Å². The molecule has 1 aromatic carbocycles. The normalized spacial score (nSPS) is 28.8. The molecule has 2 N–H and O–H groups in total. The molecule has 1 saturated heterocycles. The molecule has 5 heteroatoms. The number of hydrogen-bond donors (Lipinski definition) is 2. The zero-order valence-corrected chi connectivity index (χ0v) is 18.0. The van der Waals surface area contributed by atoms with Crippen LogP contribution < -0.4 is 15.5 Å². The van der Waals surface area contributed by atoms with Crippen molar-refractivity contribution in [2.45, 2.75) is 70.9 Å². The van der Waals surface area contributed by atoms with E-state index in [9.17, 15) is 4.79 Å². The van der Waals surface area contributed by atoms with Gasteiger partial charge in [-0.3, -0.25) is 4.79 Å². The number of carbonyl (C=O) groups is 1. The Labute approximate surface area is 174 Å². The standard InChI is InChI=1S/C23H34ClN3O/c1-15(20-13-17-6-7-18(20)12-17)26-23(28)16(2)25-21-14-19(24)8-9-22(21)27-10-4-3-5-11-27/h8-9,14-18,20,25H,3-7,10-13H2,1-2H3,(H,26,28)/t15-,16+,17+,18+,20-/m1/s1. The van der Waals surface area contributed by atoms with Crippen LogP contribution in [0.4, 0.5) is 11.4 Å². The van der Waals surface area contributed by atoms with Gasteiger partial charge < -0.3 is 15.5 Å². The van der Waals surface area contributed by atoms with E-state index in [0.717, 1.165) is 36.3 Å². The summed E-state index contributed by atoms with van der Waals surface area (Å²) in [5.74, 6) is 2.47. The van der Waals surface area contributed by atoms with Gasteiger partial charge >= 0.3 is 0 Å². The molecule has 0 radical (unpaired) electrons. The summed E-state index contributed by atoms with van der Waals surface area (Å²) in [6.07, 6.45) is 9.16. The van der Waals surface area contributed by atoms with Crippen molar-refractivity contribution in [3.05, 3.63) is 23.2 Å². The van der Waals surface area contributed by atoms with E-state index in [-0.39, 0.29) is 18.0 Å². The van der Waals surface area contributed by atoms with E-state index in [1.807, 2.05) is 19.1 Å². The zero-order chi connectivity index (χ0) is 19.7. The third-order valence-corrected chi connectivity index (χ3v) is 7.46. The second-order valence-corrected chi connectivity index (χ2v) is 9.65. The van der Waals surface area contributed by atoms with Crippen LogP contribution in [-0.2, 0) is 4.79 Å². The maximum atomic E-state index is 12.9. The molecule has 1 amide bonds. The minimum atomic E-state index is -0.289. The van der Waals surface area contributed by atoms with Gasteiger partial charge in [-0.05, 0) is 88.3 Å². The molecule has 154 valence electrons. The Hall–Kier alpha value is -1.42. The summed E-state index contributed by atoms with van der Waals surface area (Å²) >= 11 is 6.27. The summed E-state index contributed by atoms with van der Waals surface area (Å²) < 4.78 is 0. The van der Waals surface area contributed by atoms with Crippen LogP contribution in [0.3, 0.4) is 0 Å². The number of halogens is 1. The molecular formula is C23H34ClN3O. The lowest BCUT2D eigenvalue weighted by Gasteiger charge is -2.32. The number of nitrogens with one attached hydrogen (secondary N) is 2. The number of rotatable bonds is 6. The Morgan fingerprint density at radius 3 is 2.61 bits per heavy atom. The number of fused-ring (bicyclic) bond motifs is 2. The second kappa shape index (κ2) is 8.52. The lowest BCUT2D eigenvalue weighted by atomic mass is 9.84. The minimum Gasteiger partial charge on any atom is -0.372 e. The van der Waals surface area contributed by atoms with Gasteiger partial charge in [-0.15, -0.1) is 0 Å². The van der Waals surface area contributed by atoms with Gasteiger partial charge in [0, 0.05) is 24.2 Å². The molecule has 1 heterocycles. The molecule has 2 aliphatic carbocycles. The molecule has 3 fully saturated rings. The average molecular weight is 404 g/mol. The SMILES string of the molecule is C[C@H](Nc1cc(Cl)ccc1N1CCCCC1)C(=O)N[C@H](C)[C@H]1C[C@H]2CC[C@H]1C2. The number of amides is 1. The van der Waals surface area contributed by atoms with Gasteiger partial charge in [-0.1, -0.05) is 18.0 Å². The van der Waals surface area contributed by atoms with Crippen molar-refractivity contribution < 1.29 is 4.79 Å². The molecule has 3 aliphatic rings. The predicted molar refractivity (Wildman–Crippen MR) is 117 cm³/mol. The number of benzene rings is 1. The summed E-state index contributed by atoms with van der Waals surface area (Å²) in [7, 11) is 0. The van der Waals surface area contributed by atoms with E-state index in [2.05, 4.69) is 28.5 Å². The van der Waals surface area contributed by atoms with E-state index < -0.39 is 0 Å². The molecule has 1 aliphatic heterocycles. The van der Waals surface area contributed by atoms with Crippen LogP contribution in [-0.4, -0.2) is 31.1 Å². The van der Waals surface area contributed by atoms with Crippen molar-refractivity contribution in [2.75, 3.05) is 23.3 Å². The van der Waals surface area contributed by atoms with E-state index in [0.29, 0.717) is 10.9 Å². The fourth-order valence-corrected chi connectivity index (χ4v) is 5.87. The van der Waals surface area contributed by atoms with Gasteiger partial charge in [0.15, 0.2) is 0 Å². The van der Waals surface area contributed by atoms with E-state index in [1.54, 1.807) is 0 Å². The van der Waals surface area contributed by atoms with Crippen LogP contribution in [0.5, 0.6) is 0 Å². The molecule has 5 atom stereocenters. The summed E-state index contributed by atoms with van der Waals surface area (Å²) in [4.78, 5) is 15.3. The number of piperidine rings is 1. The molecule has 4 nitrogen and oxygen atoms in total. The molecule has 4 rings (SSSR count). The van der Waals surface area contributed by atoms with Crippen molar-refractivity contribution in [3.8, 4) is 0 Å². The van der Waals surface area contributed by atoms with Crippen molar-refractivity contribution >= 4 is 28.9 Å². The highest BCUT2D eigenvalue weighted by molar-refractivity contribution is 6.31. The molecule has 0 aromatic heterocycles. The van der Waals surface area contributed by atoms with Crippen molar-refractivity contribution in [2.24, 2.45) is 17.8 Å². The summed E-state index contributed by atoms with van der Waals surface area (Å²) in [5.41, 5.74) is 2.12. The van der Waals surface area contributed by atoms with Crippen LogP contribution in [0.25, 0.3) is 0 Å². The monoisotopic (exact) mass is 403 g/mol. The van der Waals surface area contributed by atoms with Crippen LogP contribution in [0, 0.1) is 17.8 Å². The highest BCUT2D eigenvalue weighted by Crippen LogP contribution is 2.49. The quantitative estimate of drug-likeness (QED) is 0.696. The lowest BCUT2D eigenvalue weighted by molar-refractivity contribution is -0.122. The summed E-state index contributed by atoms with van der Waals surface area (Å²) in [6, 6.07) is 5.95. The van der Waals surface area contributed by atoms with Gasteiger partial charge in [0.25, 0.3) is 0 Å². The van der Waals surface area contributed by atoms with Gasteiger partial charge in [0.1, 0.15) is 6.04 Å². The first-order chi connectivity index (χ1) is 13.5. The first-order valence-corrected chi connectivity index (χ1v) is 11.5. The van der Waals surface area contributed by atoms with E-state index in [1.165, 1.54) is 44.9 Å². The fraction of sp³-hybridized carbons (Fsp3) is 0.696. The highest BCUT2D eigenvalue weighted by Gasteiger charge is 2.42. The molecule has 2 saturated carbocycles. The Balaban J connectivity index is 1.39. The fourth-order valence-electron chi connectivity index (χ4n) is 5.70. The maximum absolute atomic E-state index is 12.9. The van der Waals surface area contributed by atoms with Crippen LogP contribution in [0.1, 0.15) is 58.8 Å². The highest BCUT2D eigenvalue weighted by atomic mass is 35.5. The average Bonchev–Trinajstić information content (AvgIpc) is 3.32. The number of carbonyl (C=O) groups excluding carboxylic acids is 1. The Bertz CT molecular complexity index is 703. The lowest BCUT2D eigenvalue weighted by Crippen LogP contribution is -2.46. The first kappa shape index (κ1) is 19.9.